The molecule has 0 saturated carbocycles. The number of alkyl halides is 2. The highest BCUT2D eigenvalue weighted by Crippen LogP contribution is 2.25. The van der Waals surface area contributed by atoms with Crippen LogP contribution in [0, 0.1) is 0 Å². The van der Waals surface area contributed by atoms with E-state index < -0.39 is 16.4 Å². The van der Waals surface area contributed by atoms with E-state index in [2.05, 4.69) is 20.4 Å². The van der Waals surface area contributed by atoms with Gasteiger partial charge in [0, 0.05) is 25.7 Å². The minimum absolute atomic E-state index is 0. The van der Waals surface area contributed by atoms with Gasteiger partial charge in [-0.15, -0.1) is 24.0 Å². The number of aliphatic imine (C=N–C) groups is 1. The zero-order valence-electron chi connectivity index (χ0n) is 17.2. The van der Waals surface area contributed by atoms with Gasteiger partial charge in [0.05, 0.1) is 17.8 Å². The van der Waals surface area contributed by atoms with Crippen LogP contribution in [0.3, 0.4) is 0 Å². The van der Waals surface area contributed by atoms with E-state index in [4.69, 9.17) is 4.74 Å². The molecule has 0 radical (unpaired) electrons. The molecule has 0 bridgehead atoms. The van der Waals surface area contributed by atoms with E-state index in [1.807, 2.05) is 0 Å². The number of hydrogen-bond acceptors (Lipinski definition) is 5. The van der Waals surface area contributed by atoms with Crippen molar-refractivity contribution in [3.05, 3.63) is 54.1 Å². The van der Waals surface area contributed by atoms with Gasteiger partial charge in [-0.3, -0.25) is 4.99 Å². The fourth-order valence-electron chi connectivity index (χ4n) is 2.65. The van der Waals surface area contributed by atoms with Gasteiger partial charge in [-0.05, 0) is 36.8 Å². The molecule has 0 unspecified atom stereocenters. The average molecular weight is 569 g/mol. The van der Waals surface area contributed by atoms with Crippen LogP contribution in [0.15, 0.2) is 58.4 Å². The number of guanidine groups is 1. The molecule has 0 aliphatic carbocycles. The average Bonchev–Trinajstić information content (AvgIpc) is 2.74. The molecule has 0 aliphatic heterocycles. The topological polar surface area (TPSA) is 89.0 Å². The van der Waals surface area contributed by atoms with E-state index in [-0.39, 0.29) is 46.9 Å². The van der Waals surface area contributed by atoms with Gasteiger partial charge in [-0.25, -0.2) is 8.42 Å². The van der Waals surface area contributed by atoms with Crippen molar-refractivity contribution in [3.8, 4) is 11.5 Å². The summed E-state index contributed by atoms with van der Waals surface area (Å²) in [6.07, 6.45) is 0.372. The summed E-state index contributed by atoms with van der Waals surface area (Å²) in [5.74, 6) is 0.923. The molecule has 172 valence electrons. The van der Waals surface area contributed by atoms with Crippen molar-refractivity contribution in [1.29, 1.82) is 0 Å². The highest BCUT2D eigenvalue weighted by molar-refractivity contribution is 14.0. The molecule has 0 fully saturated rings. The molecule has 0 amide bonds. The van der Waals surface area contributed by atoms with Gasteiger partial charge in [0.15, 0.2) is 15.8 Å². The minimum Gasteiger partial charge on any atom is -0.497 e. The third-order valence-electron chi connectivity index (χ3n) is 4.14. The van der Waals surface area contributed by atoms with Gasteiger partial charge < -0.3 is 20.1 Å². The second-order valence-electron chi connectivity index (χ2n) is 6.19. The molecule has 11 heteroatoms. The number of benzene rings is 2. The van der Waals surface area contributed by atoms with Gasteiger partial charge in [0.1, 0.15) is 11.5 Å². The summed E-state index contributed by atoms with van der Waals surface area (Å²) >= 11 is 0. The molecule has 0 heterocycles. The molecule has 2 N–H and O–H groups in total. The molecular weight excluding hydrogens is 543 g/mol. The van der Waals surface area contributed by atoms with Crippen molar-refractivity contribution in [3.63, 3.8) is 0 Å². The minimum atomic E-state index is -3.35. The van der Waals surface area contributed by atoms with Gasteiger partial charge in [0.2, 0.25) is 0 Å². The van der Waals surface area contributed by atoms with Crippen LogP contribution in [-0.2, 0) is 16.4 Å². The highest BCUT2D eigenvalue weighted by atomic mass is 127. The zero-order valence-corrected chi connectivity index (χ0v) is 20.3. The number of hydrogen-bond donors (Lipinski definition) is 2. The van der Waals surface area contributed by atoms with E-state index in [9.17, 15) is 17.2 Å². The Labute approximate surface area is 198 Å². The first kappa shape index (κ1) is 26.9. The summed E-state index contributed by atoms with van der Waals surface area (Å²) < 4.78 is 59.4. The van der Waals surface area contributed by atoms with Crippen LogP contribution < -0.4 is 20.1 Å². The van der Waals surface area contributed by atoms with Gasteiger partial charge in [-0.2, -0.15) is 8.78 Å². The maximum atomic E-state index is 12.6. The van der Waals surface area contributed by atoms with Crippen LogP contribution in [0.4, 0.5) is 8.78 Å². The third kappa shape index (κ3) is 8.85. The first-order chi connectivity index (χ1) is 14.4. The van der Waals surface area contributed by atoms with E-state index in [0.29, 0.717) is 30.2 Å². The molecule has 0 spiro atoms. The maximum absolute atomic E-state index is 12.6. The molecule has 31 heavy (non-hydrogen) atoms. The molecule has 7 nitrogen and oxygen atoms in total. The molecule has 2 aromatic carbocycles. The Morgan fingerprint density at radius 2 is 1.84 bits per heavy atom. The number of nitrogens with zero attached hydrogens (tertiary/aromatic N) is 1. The van der Waals surface area contributed by atoms with Crippen molar-refractivity contribution in [2.24, 2.45) is 4.99 Å². The van der Waals surface area contributed by atoms with Crippen LogP contribution >= 0.6 is 24.0 Å². The predicted molar refractivity (Wildman–Crippen MR) is 126 cm³/mol. The fourth-order valence-corrected chi connectivity index (χ4v) is 3.98. The molecule has 2 rings (SSSR count). The first-order valence-electron chi connectivity index (χ1n) is 9.19. The van der Waals surface area contributed by atoms with Crippen LogP contribution in [-0.4, -0.2) is 47.4 Å². The molecular formula is C20H26F2IN3O4S. The highest BCUT2D eigenvalue weighted by Gasteiger charge is 2.14. The molecule has 0 aromatic heterocycles. The maximum Gasteiger partial charge on any atom is 0.387 e. The number of nitrogens with one attached hydrogen (secondary N) is 2. The number of sulfone groups is 1. The zero-order chi connectivity index (χ0) is 22.0. The van der Waals surface area contributed by atoms with E-state index in [1.54, 1.807) is 43.4 Å². The second kappa shape index (κ2) is 13.3. The van der Waals surface area contributed by atoms with Crippen molar-refractivity contribution in [2.45, 2.75) is 24.5 Å². The Bertz CT molecular complexity index is 945. The number of rotatable bonds is 10. The van der Waals surface area contributed by atoms with Crippen molar-refractivity contribution >= 4 is 39.8 Å². The van der Waals surface area contributed by atoms with Crippen LogP contribution in [0.2, 0.25) is 0 Å². The first-order valence-corrected chi connectivity index (χ1v) is 10.8. The predicted octanol–water partition coefficient (Wildman–Crippen LogP) is 3.44. The van der Waals surface area contributed by atoms with Crippen LogP contribution in [0.1, 0.15) is 12.0 Å². The normalized spacial score (nSPS) is 11.6. The molecule has 0 atom stereocenters. The summed E-state index contributed by atoms with van der Waals surface area (Å²) in [6, 6.07) is 12.8. The van der Waals surface area contributed by atoms with Crippen LogP contribution in [0.25, 0.3) is 0 Å². The Morgan fingerprint density at radius 3 is 2.45 bits per heavy atom. The Morgan fingerprint density at radius 1 is 1.13 bits per heavy atom. The lowest BCUT2D eigenvalue weighted by Crippen LogP contribution is -2.37. The standard InChI is InChI=1S/C20H25F2N3O4S.HI/c1-23-20(24-11-6-12-30(26,27)17-7-4-3-5-8-17)25-14-15-13-16(28-2)9-10-18(15)29-19(21)22;/h3-5,7-10,13,19H,6,11-12,14H2,1-2H3,(H2,23,24,25);1H. The SMILES string of the molecule is CN=C(NCCCS(=O)(=O)c1ccccc1)NCc1cc(OC)ccc1OC(F)F.I. The monoisotopic (exact) mass is 569 g/mol. The lowest BCUT2D eigenvalue weighted by molar-refractivity contribution is -0.0505. The molecule has 0 aliphatic rings. The van der Waals surface area contributed by atoms with E-state index >= 15 is 0 Å². The fraction of sp³-hybridized carbons (Fsp3) is 0.350. The summed E-state index contributed by atoms with van der Waals surface area (Å²) in [5.41, 5.74) is 0.462. The van der Waals surface area contributed by atoms with Crippen molar-refractivity contribution in [2.75, 3.05) is 26.5 Å². The van der Waals surface area contributed by atoms with Gasteiger partial charge >= 0.3 is 6.61 Å². The van der Waals surface area contributed by atoms with E-state index in [0.717, 1.165) is 0 Å². The third-order valence-corrected chi connectivity index (χ3v) is 5.95. The molecule has 2 aromatic rings. The summed E-state index contributed by atoms with van der Waals surface area (Å²) in [4.78, 5) is 4.34. The summed E-state index contributed by atoms with van der Waals surface area (Å²) in [7, 11) is -0.317. The van der Waals surface area contributed by atoms with Gasteiger partial charge in [0.25, 0.3) is 0 Å². The Balaban J connectivity index is 0.00000480. The Hall–Kier alpha value is -2.15. The Kier molecular flexibility index (Phi) is 11.5. The lowest BCUT2D eigenvalue weighted by atomic mass is 10.2. The molecule has 0 saturated heterocycles. The quantitative estimate of drug-likeness (QED) is 0.197. The van der Waals surface area contributed by atoms with Crippen LogP contribution in [0.5, 0.6) is 11.5 Å². The summed E-state index contributed by atoms with van der Waals surface area (Å²) in [5, 5.41) is 6.00. The smallest absolute Gasteiger partial charge is 0.387 e. The lowest BCUT2D eigenvalue weighted by Gasteiger charge is -2.15. The number of halogens is 3. The summed E-state index contributed by atoms with van der Waals surface area (Å²) in [6.45, 7) is -2.42. The van der Waals surface area contributed by atoms with Gasteiger partial charge in [-0.1, -0.05) is 18.2 Å². The van der Waals surface area contributed by atoms with E-state index in [1.165, 1.54) is 19.2 Å². The van der Waals surface area contributed by atoms with Crippen molar-refractivity contribution < 1.29 is 26.7 Å². The number of methoxy groups -OCH3 is 1. The number of ether oxygens (including phenoxy) is 2. The largest absolute Gasteiger partial charge is 0.497 e. The second-order valence-corrected chi connectivity index (χ2v) is 8.30. The van der Waals surface area contributed by atoms with Crippen molar-refractivity contribution in [1.82, 2.24) is 10.6 Å².